The average molecular weight is 114 g/mol. The number of hydrogen-bond donors (Lipinski definition) is 0. The monoisotopic (exact) mass is 114 g/mol. The summed E-state index contributed by atoms with van der Waals surface area (Å²) in [5, 5.41) is 0. The van der Waals surface area contributed by atoms with Gasteiger partial charge in [0.2, 0.25) is 0 Å². The van der Waals surface area contributed by atoms with Gasteiger partial charge in [-0.05, 0) is 12.8 Å². The summed E-state index contributed by atoms with van der Waals surface area (Å²) in [5.41, 5.74) is 0. The molecular weight excluding hydrogens is 104 g/mol. The Labute approximate surface area is 48.8 Å². The van der Waals surface area contributed by atoms with E-state index in [2.05, 4.69) is 0 Å². The standard InChI is InChI=1S/C6H10O2/c1-2-6-4-7-5(1)3-8-6/h5-6H,1-4H2. The van der Waals surface area contributed by atoms with Crippen molar-refractivity contribution in [3.8, 4) is 0 Å². The van der Waals surface area contributed by atoms with E-state index in [0.29, 0.717) is 12.2 Å². The average Bonchev–Trinajstić information content (AvgIpc) is 1.92. The summed E-state index contributed by atoms with van der Waals surface area (Å²) in [6.45, 7) is 1.68. The Morgan fingerprint density at radius 2 is 1.38 bits per heavy atom. The highest BCUT2D eigenvalue weighted by Crippen LogP contribution is 2.22. The van der Waals surface area contributed by atoms with E-state index in [1.54, 1.807) is 0 Å². The molecule has 3 aliphatic rings. The van der Waals surface area contributed by atoms with Crippen molar-refractivity contribution < 1.29 is 9.47 Å². The molecule has 3 heterocycles. The molecule has 0 aromatic rings. The molecule has 3 aliphatic heterocycles. The summed E-state index contributed by atoms with van der Waals surface area (Å²) in [6, 6.07) is 0. The van der Waals surface area contributed by atoms with Crippen LogP contribution in [0.3, 0.4) is 0 Å². The van der Waals surface area contributed by atoms with Gasteiger partial charge in [-0.1, -0.05) is 0 Å². The van der Waals surface area contributed by atoms with E-state index in [1.165, 1.54) is 12.8 Å². The van der Waals surface area contributed by atoms with Crippen molar-refractivity contribution in [3.63, 3.8) is 0 Å². The normalized spacial score (nSPS) is 45.0. The van der Waals surface area contributed by atoms with Gasteiger partial charge in [0, 0.05) is 0 Å². The third-order valence-corrected chi connectivity index (χ3v) is 1.85. The Balaban J connectivity index is 2.03. The molecule has 2 heteroatoms. The van der Waals surface area contributed by atoms with Crippen LogP contribution in [-0.4, -0.2) is 25.4 Å². The smallest absolute Gasteiger partial charge is 0.0810 e. The van der Waals surface area contributed by atoms with E-state index in [4.69, 9.17) is 9.47 Å². The summed E-state index contributed by atoms with van der Waals surface area (Å²) in [5.74, 6) is 0. The predicted octanol–water partition coefficient (Wildman–Crippen LogP) is 0.564. The minimum absolute atomic E-state index is 0.431. The van der Waals surface area contributed by atoms with E-state index in [-0.39, 0.29) is 0 Å². The number of hydrogen-bond acceptors (Lipinski definition) is 2. The first-order valence-corrected chi connectivity index (χ1v) is 3.18. The van der Waals surface area contributed by atoms with Crippen LogP contribution in [0.1, 0.15) is 12.8 Å². The van der Waals surface area contributed by atoms with Crippen molar-refractivity contribution in [1.82, 2.24) is 0 Å². The zero-order valence-electron chi connectivity index (χ0n) is 4.80. The molecule has 0 saturated carbocycles. The minimum Gasteiger partial charge on any atom is -0.373 e. The lowest BCUT2D eigenvalue weighted by Crippen LogP contribution is -2.41. The van der Waals surface area contributed by atoms with Gasteiger partial charge in [0.15, 0.2) is 0 Å². The summed E-state index contributed by atoms with van der Waals surface area (Å²) < 4.78 is 10.7. The summed E-state index contributed by atoms with van der Waals surface area (Å²) in [6.07, 6.45) is 3.29. The first-order chi connectivity index (χ1) is 3.95. The largest absolute Gasteiger partial charge is 0.373 e. The number of rotatable bonds is 0. The summed E-state index contributed by atoms with van der Waals surface area (Å²) >= 11 is 0. The Morgan fingerprint density at radius 3 is 1.50 bits per heavy atom. The minimum atomic E-state index is 0.431. The molecule has 0 radical (unpaired) electrons. The van der Waals surface area contributed by atoms with Gasteiger partial charge in [-0.2, -0.15) is 0 Å². The van der Waals surface area contributed by atoms with Crippen molar-refractivity contribution in [1.29, 1.82) is 0 Å². The van der Waals surface area contributed by atoms with Crippen molar-refractivity contribution in [2.45, 2.75) is 25.0 Å². The second kappa shape index (κ2) is 1.71. The molecule has 2 nitrogen and oxygen atoms in total. The molecule has 2 unspecified atom stereocenters. The molecule has 2 bridgehead atoms. The highest BCUT2D eigenvalue weighted by Gasteiger charge is 2.28. The highest BCUT2D eigenvalue weighted by atomic mass is 16.6. The molecular formula is C6H10O2. The molecule has 0 aromatic carbocycles. The van der Waals surface area contributed by atoms with Gasteiger partial charge < -0.3 is 9.47 Å². The van der Waals surface area contributed by atoms with E-state index in [1.807, 2.05) is 0 Å². The third-order valence-electron chi connectivity index (χ3n) is 1.85. The zero-order valence-corrected chi connectivity index (χ0v) is 4.80. The molecule has 2 atom stereocenters. The van der Waals surface area contributed by atoms with E-state index >= 15 is 0 Å². The fraction of sp³-hybridized carbons (Fsp3) is 1.00. The summed E-state index contributed by atoms with van der Waals surface area (Å²) in [4.78, 5) is 0. The van der Waals surface area contributed by atoms with Crippen LogP contribution < -0.4 is 0 Å². The number of ether oxygens (including phenoxy) is 2. The van der Waals surface area contributed by atoms with Crippen LogP contribution in [0.2, 0.25) is 0 Å². The Morgan fingerprint density at radius 1 is 0.875 bits per heavy atom. The Bertz CT molecular complexity index is 61.5. The lowest BCUT2D eigenvalue weighted by Gasteiger charge is -2.35. The lowest BCUT2D eigenvalue weighted by molar-refractivity contribution is -0.172. The van der Waals surface area contributed by atoms with Crippen molar-refractivity contribution >= 4 is 0 Å². The SMILES string of the molecule is C1CC2COC1CO2. The van der Waals surface area contributed by atoms with E-state index in [9.17, 15) is 0 Å². The molecule has 3 fully saturated rings. The highest BCUT2D eigenvalue weighted by molar-refractivity contribution is 4.75. The maximum Gasteiger partial charge on any atom is 0.0810 e. The van der Waals surface area contributed by atoms with Gasteiger partial charge in [0.1, 0.15) is 0 Å². The van der Waals surface area contributed by atoms with Crippen LogP contribution in [-0.2, 0) is 9.47 Å². The Hall–Kier alpha value is -0.0800. The second-order valence-corrected chi connectivity index (χ2v) is 2.49. The summed E-state index contributed by atoms with van der Waals surface area (Å²) in [7, 11) is 0. The second-order valence-electron chi connectivity index (χ2n) is 2.49. The van der Waals surface area contributed by atoms with Gasteiger partial charge in [-0.25, -0.2) is 0 Å². The molecule has 8 heavy (non-hydrogen) atoms. The Kier molecular flexibility index (Phi) is 1.02. The van der Waals surface area contributed by atoms with Gasteiger partial charge in [0.25, 0.3) is 0 Å². The van der Waals surface area contributed by atoms with Gasteiger partial charge >= 0.3 is 0 Å². The maximum atomic E-state index is 5.35. The topological polar surface area (TPSA) is 18.5 Å². The molecule has 46 valence electrons. The predicted molar refractivity (Wildman–Crippen MR) is 28.7 cm³/mol. The van der Waals surface area contributed by atoms with Crippen molar-refractivity contribution in [2.24, 2.45) is 0 Å². The van der Waals surface area contributed by atoms with Crippen LogP contribution in [0.25, 0.3) is 0 Å². The van der Waals surface area contributed by atoms with Gasteiger partial charge in [-0.15, -0.1) is 0 Å². The van der Waals surface area contributed by atoms with Crippen LogP contribution >= 0.6 is 0 Å². The van der Waals surface area contributed by atoms with Crippen LogP contribution in [0.5, 0.6) is 0 Å². The molecule has 3 rings (SSSR count). The van der Waals surface area contributed by atoms with Crippen LogP contribution in [0, 0.1) is 0 Å². The van der Waals surface area contributed by atoms with Crippen LogP contribution in [0.4, 0.5) is 0 Å². The fourth-order valence-electron chi connectivity index (χ4n) is 1.29. The zero-order chi connectivity index (χ0) is 5.40. The van der Waals surface area contributed by atoms with Crippen LogP contribution in [0.15, 0.2) is 0 Å². The first-order valence-electron chi connectivity index (χ1n) is 3.18. The van der Waals surface area contributed by atoms with Crippen molar-refractivity contribution in [2.75, 3.05) is 13.2 Å². The lowest BCUT2D eigenvalue weighted by atomic mass is 10.0. The molecule has 0 aromatic heterocycles. The van der Waals surface area contributed by atoms with E-state index < -0.39 is 0 Å². The quantitative estimate of drug-likeness (QED) is 0.458. The van der Waals surface area contributed by atoms with Crippen molar-refractivity contribution in [3.05, 3.63) is 0 Å². The maximum absolute atomic E-state index is 5.35. The fourth-order valence-corrected chi connectivity index (χ4v) is 1.29. The van der Waals surface area contributed by atoms with Gasteiger partial charge in [-0.3, -0.25) is 0 Å². The third kappa shape index (κ3) is 0.644. The van der Waals surface area contributed by atoms with E-state index in [0.717, 1.165) is 13.2 Å². The molecule has 3 saturated heterocycles. The van der Waals surface area contributed by atoms with Gasteiger partial charge in [0.05, 0.1) is 25.4 Å². The molecule has 0 aliphatic carbocycles. The molecule has 0 spiro atoms. The molecule has 0 amide bonds. The number of fused-ring (bicyclic) bond motifs is 3. The molecule has 0 N–H and O–H groups in total. The first kappa shape index (κ1) is 4.77.